The minimum atomic E-state index is 0.873. The highest BCUT2D eigenvalue weighted by atomic mass is 16.3. The van der Waals surface area contributed by atoms with E-state index in [9.17, 15) is 0 Å². The Morgan fingerprint density at radius 3 is 0.875 bits per heavy atom. The van der Waals surface area contributed by atoms with Crippen LogP contribution >= 0.6 is 0 Å². The van der Waals surface area contributed by atoms with Crippen molar-refractivity contribution in [2.75, 3.05) is 9.80 Å². The normalized spacial score (nSPS) is 11.6. The third-order valence-corrected chi connectivity index (χ3v) is 14.2. The number of anilines is 6. The summed E-state index contributed by atoms with van der Waals surface area (Å²) in [5.74, 6) is 0. The Labute approximate surface area is 416 Å². The Morgan fingerprint density at radius 2 is 0.486 bits per heavy atom. The monoisotopic (exact) mass is 920 g/mol. The largest absolute Gasteiger partial charge is 0.456 e. The smallest absolute Gasteiger partial charge is 0.135 e. The van der Waals surface area contributed by atoms with Crippen LogP contribution in [0.5, 0.6) is 0 Å². The summed E-state index contributed by atoms with van der Waals surface area (Å²) in [6, 6.07) is 95.6. The van der Waals surface area contributed by atoms with E-state index >= 15 is 0 Å². The van der Waals surface area contributed by atoms with Crippen LogP contribution < -0.4 is 9.80 Å². The van der Waals surface area contributed by atoms with E-state index in [0.29, 0.717) is 0 Å². The van der Waals surface area contributed by atoms with Gasteiger partial charge in [0, 0.05) is 55.7 Å². The van der Waals surface area contributed by atoms with Gasteiger partial charge in [-0.1, -0.05) is 158 Å². The van der Waals surface area contributed by atoms with Gasteiger partial charge in [-0.25, -0.2) is 0 Å². The fourth-order valence-corrected chi connectivity index (χ4v) is 10.6. The fourth-order valence-electron chi connectivity index (χ4n) is 10.6. The van der Waals surface area contributed by atoms with E-state index in [2.05, 4.69) is 252 Å². The standard InChI is InChI=1S/C68H44N2O2/c1-3-11-51-41-53(19-17-45(51)9-1)49-25-33-57(34-26-49)69(59-37-39-67-63(43-59)61-13-5-7-15-65(61)71-67)55-29-21-47(22-30-55)48-23-31-56(32-24-48)70(60-38-40-68-64(44-60)62-14-6-8-16-66(62)72-68)58-35-27-50(28-36-58)54-20-18-46-10-2-4-12-52(46)42-54/h1-44H. The van der Waals surface area contributed by atoms with Crippen LogP contribution in [-0.4, -0.2) is 0 Å². The summed E-state index contributed by atoms with van der Waals surface area (Å²) in [7, 11) is 0. The Kier molecular flexibility index (Phi) is 9.82. The van der Waals surface area contributed by atoms with Gasteiger partial charge < -0.3 is 18.6 Å². The maximum atomic E-state index is 6.27. The lowest BCUT2D eigenvalue weighted by molar-refractivity contribution is 0.668. The van der Waals surface area contributed by atoms with Gasteiger partial charge in [-0.05, 0) is 164 Å². The lowest BCUT2D eigenvalue weighted by Gasteiger charge is -2.26. The molecule has 12 aromatic carbocycles. The summed E-state index contributed by atoms with van der Waals surface area (Å²) < 4.78 is 12.5. The molecule has 0 bridgehead atoms. The number of nitrogens with zero attached hydrogens (tertiary/aromatic N) is 2. The SMILES string of the molecule is c1ccc2cc(-c3ccc(N(c4ccc(-c5ccc(N(c6ccc(-c7ccc8ccccc8c7)cc6)c6ccc7oc8ccccc8c7c6)cc5)cc4)c4ccc5oc6ccccc6c5c4)cc3)ccc2c1. The predicted molar refractivity (Wildman–Crippen MR) is 302 cm³/mol. The molecule has 4 heteroatoms. The van der Waals surface area contributed by atoms with Crippen LogP contribution in [0.2, 0.25) is 0 Å². The van der Waals surface area contributed by atoms with Crippen LogP contribution in [-0.2, 0) is 0 Å². The minimum Gasteiger partial charge on any atom is -0.456 e. The lowest BCUT2D eigenvalue weighted by atomic mass is 10.0. The molecule has 14 rings (SSSR count). The van der Waals surface area contributed by atoms with Crippen molar-refractivity contribution in [3.05, 3.63) is 267 Å². The van der Waals surface area contributed by atoms with Crippen LogP contribution in [0.4, 0.5) is 34.1 Å². The van der Waals surface area contributed by atoms with E-state index in [1.807, 2.05) is 24.3 Å². The van der Waals surface area contributed by atoms with Crippen molar-refractivity contribution in [3.8, 4) is 33.4 Å². The van der Waals surface area contributed by atoms with Crippen LogP contribution in [0.15, 0.2) is 276 Å². The second-order valence-corrected chi connectivity index (χ2v) is 18.5. The van der Waals surface area contributed by atoms with Crippen molar-refractivity contribution in [3.63, 3.8) is 0 Å². The van der Waals surface area contributed by atoms with Gasteiger partial charge in [-0.15, -0.1) is 0 Å². The van der Waals surface area contributed by atoms with E-state index in [4.69, 9.17) is 8.83 Å². The van der Waals surface area contributed by atoms with E-state index in [1.54, 1.807) is 0 Å². The molecule has 2 aromatic heterocycles. The summed E-state index contributed by atoms with van der Waals surface area (Å²) in [4.78, 5) is 4.67. The molecule has 14 aromatic rings. The van der Waals surface area contributed by atoms with Gasteiger partial charge in [0.05, 0.1) is 0 Å². The fraction of sp³-hybridized carbons (Fsp3) is 0. The van der Waals surface area contributed by atoms with E-state index in [0.717, 1.165) is 89.1 Å². The van der Waals surface area contributed by atoms with Crippen molar-refractivity contribution in [2.45, 2.75) is 0 Å². The summed E-state index contributed by atoms with van der Waals surface area (Å²) in [5, 5.41) is 9.33. The quantitative estimate of drug-likeness (QED) is 0.144. The number of rotatable bonds is 9. The molecular formula is C68H44N2O2. The molecule has 0 atom stereocenters. The lowest BCUT2D eigenvalue weighted by Crippen LogP contribution is -2.10. The van der Waals surface area contributed by atoms with Crippen molar-refractivity contribution >= 4 is 99.5 Å². The van der Waals surface area contributed by atoms with Crippen molar-refractivity contribution in [2.24, 2.45) is 0 Å². The molecule has 0 amide bonds. The van der Waals surface area contributed by atoms with Crippen LogP contribution in [0.1, 0.15) is 0 Å². The Hall–Kier alpha value is -9.64. The first-order valence-electron chi connectivity index (χ1n) is 24.5. The van der Waals surface area contributed by atoms with Crippen molar-refractivity contribution in [1.29, 1.82) is 0 Å². The summed E-state index contributed by atoms with van der Waals surface area (Å²) in [6.07, 6.45) is 0. The molecule has 0 saturated carbocycles. The highest BCUT2D eigenvalue weighted by molar-refractivity contribution is 6.08. The van der Waals surface area contributed by atoms with E-state index in [-0.39, 0.29) is 0 Å². The maximum Gasteiger partial charge on any atom is 0.135 e. The second kappa shape index (κ2) is 17.1. The molecule has 0 unspecified atom stereocenters. The molecule has 0 saturated heterocycles. The molecule has 0 spiro atoms. The maximum absolute atomic E-state index is 6.27. The molecule has 0 aliphatic carbocycles. The van der Waals surface area contributed by atoms with Gasteiger partial charge in [-0.3, -0.25) is 0 Å². The molecule has 0 fully saturated rings. The number of fused-ring (bicyclic) bond motifs is 8. The molecule has 338 valence electrons. The van der Waals surface area contributed by atoms with Gasteiger partial charge in [-0.2, -0.15) is 0 Å². The number of benzene rings is 12. The van der Waals surface area contributed by atoms with Crippen LogP contribution in [0.3, 0.4) is 0 Å². The van der Waals surface area contributed by atoms with Gasteiger partial charge in [0.1, 0.15) is 22.3 Å². The van der Waals surface area contributed by atoms with Gasteiger partial charge in [0.2, 0.25) is 0 Å². The van der Waals surface area contributed by atoms with Gasteiger partial charge in [0.25, 0.3) is 0 Å². The summed E-state index contributed by atoms with van der Waals surface area (Å²) in [5.41, 5.74) is 16.9. The average molecular weight is 921 g/mol. The zero-order valence-electron chi connectivity index (χ0n) is 39.1. The summed E-state index contributed by atoms with van der Waals surface area (Å²) in [6.45, 7) is 0. The minimum absolute atomic E-state index is 0.873. The molecule has 0 aliphatic rings. The molecule has 0 aliphatic heterocycles. The predicted octanol–water partition coefficient (Wildman–Crippen LogP) is 19.7. The number of hydrogen-bond acceptors (Lipinski definition) is 4. The first-order valence-corrected chi connectivity index (χ1v) is 24.5. The van der Waals surface area contributed by atoms with Crippen molar-refractivity contribution in [1.82, 2.24) is 0 Å². The van der Waals surface area contributed by atoms with Crippen LogP contribution in [0.25, 0.3) is 98.8 Å². The Bertz CT molecular complexity index is 4040. The third-order valence-electron chi connectivity index (χ3n) is 14.2. The molecular weight excluding hydrogens is 877 g/mol. The molecule has 0 radical (unpaired) electrons. The second-order valence-electron chi connectivity index (χ2n) is 18.5. The first-order chi connectivity index (χ1) is 35.6. The van der Waals surface area contributed by atoms with Gasteiger partial charge >= 0.3 is 0 Å². The molecule has 2 heterocycles. The zero-order chi connectivity index (χ0) is 47.5. The highest BCUT2D eigenvalue weighted by Crippen LogP contribution is 2.43. The number of furan rings is 2. The average Bonchev–Trinajstić information content (AvgIpc) is 4.02. The third kappa shape index (κ3) is 7.33. The Balaban J connectivity index is 0.814. The van der Waals surface area contributed by atoms with Crippen molar-refractivity contribution < 1.29 is 8.83 Å². The number of para-hydroxylation sites is 2. The zero-order valence-corrected chi connectivity index (χ0v) is 39.1. The first kappa shape index (κ1) is 41.3. The Morgan fingerprint density at radius 1 is 0.194 bits per heavy atom. The van der Waals surface area contributed by atoms with Crippen LogP contribution in [0, 0.1) is 0 Å². The van der Waals surface area contributed by atoms with Gasteiger partial charge in [0.15, 0.2) is 0 Å². The highest BCUT2D eigenvalue weighted by Gasteiger charge is 2.19. The topological polar surface area (TPSA) is 32.8 Å². The van der Waals surface area contributed by atoms with E-state index in [1.165, 1.54) is 43.8 Å². The molecule has 4 nitrogen and oxygen atoms in total. The molecule has 0 N–H and O–H groups in total. The summed E-state index contributed by atoms with van der Waals surface area (Å²) >= 11 is 0. The van der Waals surface area contributed by atoms with E-state index < -0.39 is 0 Å². The number of hydrogen-bond donors (Lipinski definition) is 0. The molecule has 72 heavy (non-hydrogen) atoms.